The quantitative estimate of drug-likeness (QED) is 0.537. The largest absolute Gasteiger partial charge is 0.418 e. The van der Waals surface area contributed by atoms with E-state index in [1.54, 1.807) is 0 Å². The van der Waals surface area contributed by atoms with Gasteiger partial charge in [-0.15, -0.1) is 0 Å². The number of halogens is 6. The van der Waals surface area contributed by atoms with Crippen LogP contribution in [0.3, 0.4) is 0 Å². The summed E-state index contributed by atoms with van der Waals surface area (Å²) < 4.78 is 66.4. The van der Waals surface area contributed by atoms with Crippen LogP contribution in [0.2, 0.25) is 15.1 Å². The van der Waals surface area contributed by atoms with E-state index in [2.05, 4.69) is 5.10 Å². The van der Waals surface area contributed by atoms with Gasteiger partial charge in [-0.05, 0) is 29.8 Å². The standard InChI is InChI=1S/C16H9Cl3F3N3O2S/c17-11-3-2-9(13(18)14(11)19)8-6-10(16(20,21)22)15(25-5-1-4-24-25)12(7-8)28(23,26)27/h1-7H,(H2,23,26,27). The van der Waals surface area contributed by atoms with Crippen LogP contribution in [0, 0.1) is 0 Å². The van der Waals surface area contributed by atoms with Crippen LogP contribution in [0.25, 0.3) is 16.8 Å². The molecule has 0 bridgehead atoms. The van der Waals surface area contributed by atoms with E-state index in [0.29, 0.717) is 0 Å². The zero-order valence-electron chi connectivity index (χ0n) is 13.5. The molecule has 0 atom stereocenters. The molecule has 0 radical (unpaired) electrons. The highest BCUT2D eigenvalue weighted by Gasteiger charge is 2.38. The van der Waals surface area contributed by atoms with Crippen LogP contribution in [0.5, 0.6) is 0 Å². The lowest BCUT2D eigenvalue weighted by Crippen LogP contribution is -2.20. The Bertz CT molecular complexity index is 1160. The summed E-state index contributed by atoms with van der Waals surface area (Å²) >= 11 is 17.9. The Balaban J connectivity index is 2.45. The molecule has 5 nitrogen and oxygen atoms in total. The molecule has 2 aromatic carbocycles. The molecular weight excluding hydrogens is 462 g/mol. The third-order valence-electron chi connectivity index (χ3n) is 3.77. The number of primary sulfonamides is 1. The van der Waals surface area contributed by atoms with E-state index in [-0.39, 0.29) is 26.2 Å². The van der Waals surface area contributed by atoms with Crippen molar-refractivity contribution in [3.8, 4) is 16.8 Å². The van der Waals surface area contributed by atoms with E-state index in [0.717, 1.165) is 16.8 Å². The molecule has 0 spiro atoms. The monoisotopic (exact) mass is 469 g/mol. The second-order valence-corrected chi connectivity index (χ2v) is 8.28. The Hall–Kier alpha value is -1.78. The van der Waals surface area contributed by atoms with E-state index in [1.807, 2.05) is 0 Å². The molecule has 0 aliphatic rings. The molecule has 1 aromatic heterocycles. The Morgan fingerprint density at radius 2 is 1.75 bits per heavy atom. The fourth-order valence-corrected chi connectivity index (χ4v) is 3.99. The van der Waals surface area contributed by atoms with Crippen molar-refractivity contribution < 1.29 is 21.6 Å². The molecule has 0 saturated carbocycles. The van der Waals surface area contributed by atoms with Crippen LogP contribution in [0.15, 0.2) is 47.6 Å². The maximum atomic E-state index is 13.8. The van der Waals surface area contributed by atoms with E-state index in [4.69, 9.17) is 39.9 Å². The summed E-state index contributed by atoms with van der Waals surface area (Å²) in [4.78, 5) is -0.775. The van der Waals surface area contributed by atoms with Crippen LogP contribution in [0.4, 0.5) is 13.2 Å². The number of benzene rings is 2. The molecule has 3 aromatic rings. The molecule has 3 rings (SSSR count). The lowest BCUT2D eigenvalue weighted by Gasteiger charge is -2.19. The lowest BCUT2D eigenvalue weighted by atomic mass is 10.0. The van der Waals surface area contributed by atoms with E-state index in [1.165, 1.54) is 30.6 Å². The van der Waals surface area contributed by atoms with Gasteiger partial charge in [-0.3, -0.25) is 0 Å². The number of hydrogen-bond donors (Lipinski definition) is 1. The van der Waals surface area contributed by atoms with Crippen molar-refractivity contribution in [1.82, 2.24) is 9.78 Å². The molecule has 0 unspecified atom stereocenters. The highest BCUT2D eigenvalue weighted by molar-refractivity contribution is 7.89. The summed E-state index contributed by atoms with van der Waals surface area (Å²) in [6.45, 7) is 0. The van der Waals surface area contributed by atoms with Crippen molar-refractivity contribution in [2.45, 2.75) is 11.1 Å². The molecule has 0 aliphatic heterocycles. The molecule has 12 heteroatoms. The second-order valence-electron chi connectivity index (χ2n) is 5.59. The molecule has 2 N–H and O–H groups in total. The van der Waals surface area contributed by atoms with Gasteiger partial charge in [0.25, 0.3) is 0 Å². The van der Waals surface area contributed by atoms with E-state index in [9.17, 15) is 21.6 Å². The first-order chi connectivity index (χ1) is 12.9. The number of aromatic nitrogens is 2. The highest BCUT2D eigenvalue weighted by Crippen LogP contribution is 2.43. The zero-order chi connectivity index (χ0) is 20.9. The first kappa shape index (κ1) is 20.9. The second kappa shape index (κ2) is 7.23. The summed E-state index contributed by atoms with van der Waals surface area (Å²) in [6, 6.07) is 5.73. The summed E-state index contributed by atoms with van der Waals surface area (Å²) in [6.07, 6.45) is -2.54. The minimum atomic E-state index is -4.92. The molecule has 0 amide bonds. The number of nitrogens with zero attached hydrogens (tertiary/aromatic N) is 2. The topological polar surface area (TPSA) is 78.0 Å². The van der Waals surface area contributed by atoms with Crippen molar-refractivity contribution in [2.24, 2.45) is 5.14 Å². The van der Waals surface area contributed by atoms with Crippen LogP contribution in [-0.4, -0.2) is 18.2 Å². The Morgan fingerprint density at radius 3 is 2.29 bits per heavy atom. The lowest BCUT2D eigenvalue weighted by molar-refractivity contribution is -0.137. The summed E-state index contributed by atoms with van der Waals surface area (Å²) in [7, 11) is -4.57. The van der Waals surface area contributed by atoms with Gasteiger partial charge in [0.2, 0.25) is 10.0 Å². The molecule has 1 heterocycles. The van der Waals surface area contributed by atoms with Gasteiger partial charge in [-0.1, -0.05) is 40.9 Å². The van der Waals surface area contributed by atoms with Gasteiger partial charge in [0.05, 0.1) is 26.3 Å². The first-order valence-electron chi connectivity index (χ1n) is 7.33. The fraction of sp³-hybridized carbons (Fsp3) is 0.0625. The van der Waals surface area contributed by atoms with Gasteiger partial charge in [-0.25, -0.2) is 18.2 Å². The predicted octanol–water partition coefficient (Wildman–Crippen LogP) is 5.17. The van der Waals surface area contributed by atoms with Gasteiger partial charge in [0.1, 0.15) is 4.90 Å². The average Bonchev–Trinajstić information content (AvgIpc) is 3.11. The molecule has 0 fully saturated rings. The molecule has 148 valence electrons. The van der Waals surface area contributed by atoms with Crippen molar-refractivity contribution in [1.29, 1.82) is 0 Å². The fourth-order valence-electron chi connectivity index (χ4n) is 2.58. The normalized spacial score (nSPS) is 12.4. The smallest absolute Gasteiger partial charge is 0.239 e. The molecule has 28 heavy (non-hydrogen) atoms. The molecule has 0 saturated heterocycles. The number of sulfonamides is 1. The molecular formula is C16H9Cl3F3N3O2S. The van der Waals surface area contributed by atoms with Crippen LogP contribution < -0.4 is 5.14 Å². The van der Waals surface area contributed by atoms with Gasteiger partial charge in [0.15, 0.2) is 0 Å². The summed E-state index contributed by atoms with van der Waals surface area (Å²) in [5, 5.41) is 8.79. The van der Waals surface area contributed by atoms with Gasteiger partial charge >= 0.3 is 6.18 Å². The van der Waals surface area contributed by atoms with Crippen molar-refractivity contribution in [2.75, 3.05) is 0 Å². The number of rotatable bonds is 3. The zero-order valence-corrected chi connectivity index (χ0v) is 16.6. The number of nitrogens with two attached hydrogens (primary N) is 1. The molecule has 0 aliphatic carbocycles. The Kier molecular flexibility index (Phi) is 5.41. The van der Waals surface area contributed by atoms with Crippen LogP contribution in [-0.2, 0) is 16.2 Å². The Morgan fingerprint density at radius 1 is 1.07 bits per heavy atom. The van der Waals surface area contributed by atoms with Gasteiger partial charge < -0.3 is 0 Å². The highest BCUT2D eigenvalue weighted by atomic mass is 35.5. The predicted molar refractivity (Wildman–Crippen MR) is 100 cm³/mol. The first-order valence-corrected chi connectivity index (χ1v) is 10.0. The SMILES string of the molecule is NS(=O)(=O)c1cc(-c2ccc(Cl)c(Cl)c2Cl)cc(C(F)(F)F)c1-n1cccn1. The minimum absolute atomic E-state index is 0.0541. The third-order valence-corrected chi connectivity index (χ3v) is 5.98. The Labute approximate surface area is 172 Å². The maximum Gasteiger partial charge on any atom is 0.418 e. The number of hydrogen-bond acceptors (Lipinski definition) is 3. The van der Waals surface area contributed by atoms with Crippen LogP contribution >= 0.6 is 34.8 Å². The summed E-state index contributed by atoms with van der Waals surface area (Å²) in [5.41, 5.74) is -2.09. The van der Waals surface area contributed by atoms with Crippen molar-refractivity contribution in [3.63, 3.8) is 0 Å². The maximum absolute atomic E-state index is 13.8. The van der Waals surface area contributed by atoms with E-state index < -0.39 is 32.3 Å². The third kappa shape index (κ3) is 3.85. The van der Waals surface area contributed by atoms with Crippen molar-refractivity contribution >= 4 is 44.8 Å². The minimum Gasteiger partial charge on any atom is -0.239 e. The van der Waals surface area contributed by atoms with Crippen molar-refractivity contribution in [3.05, 3.63) is 63.4 Å². The van der Waals surface area contributed by atoms with E-state index >= 15 is 0 Å². The number of alkyl halides is 3. The van der Waals surface area contributed by atoms with Gasteiger partial charge in [-0.2, -0.15) is 18.3 Å². The average molecular weight is 471 g/mol. The van der Waals surface area contributed by atoms with Crippen LogP contribution in [0.1, 0.15) is 5.56 Å². The summed E-state index contributed by atoms with van der Waals surface area (Å²) in [5.74, 6) is 0. The van der Waals surface area contributed by atoms with Gasteiger partial charge in [0, 0.05) is 18.0 Å².